The molecule has 1 amide bonds. The first-order chi connectivity index (χ1) is 12.0. The first-order valence-electron chi connectivity index (χ1n) is 8.55. The highest BCUT2D eigenvalue weighted by molar-refractivity contribution is 5.92. The number of imidazole rings is 1. The molecule has 26 heavy (non-hydrogen) atoms. The summed E-state index contributed by atoms with van der Waals surface area (Å²) in [5.74, 6) is -2.13. The van der Waals surface area contributed by atoms with Gasteiger partial charge in [0.05, 0.1) is 7.11 Å². The van der Waals surface area contributed by atoms with E-state index in [-0.39, 0.29) is 44.6 Å². The molecule has 2 saturated carbocycles. The summed E-state index contributed by atoms with van der Waals surface area (Å²) in [5.41, 5.74) is 1.27. The van der Waals surface area contributed by atoms with Gasteiger partial charge in [-0.1, -0.05) is 7.43 Å². The van der Waals surface area contributed by atoms with Crippen molar-refractivity contribution in [2.45, 2.75) is 57.9 Å². The number of methoxy groups -OCH3 is 1. The number of pyridine rings is 1. The third kappa shape index (κ3) is 3.24. The fourth-order valence-corrected chi connectivity index (χ4v) is 3.58. The topological polar surface area (TPSA) is 69.0 Å². The third-order valence-corrected chi connectivity index (χ3v) is 5.10. The van der Waals surface area contributed by atoms with E-state index in [1.54, 1.807) is 19.4 Å². The lowest BCUT2D eigenvalue weighted by molar-refractivity contribution is -0.129. The maximum Gasteiger partial charge on any atom is 0.248 e. The molecule has 2 aliphatic carbocycles. The number of hydrogen-bond donors (Lipinski definition) is 1. The highest BCUT2D eigenvalue weighted by Crippen LogP contribution is 2.44. The monoisotopic (exact) mass is 366 g/mol. The predicted octanol–water partition coefficient (Wildman–Crippen LogP) is 4.17. The minimum atomic E-state index is -2.61. The largest absolute Gasteiger partial charge is 0.494 e. The van der Waals surface area contributed by atoms with Gasteiger partial charge in [-0.25, -0.2) is 18.7 Å². The molecule has 0 aliphatic heterocycles. The molecule has 2 heterocycles. The summed E-state index contributed by atoms with van der Waals surface area (Å²) >= 11 is 0. The molecule has 0 spiro atoms. The van der Waals surface area contributed by atoms with Crippen molar-refractivity contribution in [3.8, 4) is 5.75 Å². The Balaban J connectivity index is 0.00000196. The number of amides is 1. The Labute approximate surface area is 151 Å². The van der Waals surface area contributed by atoms with Crippen molar-refractivity contribution >= 4 is 23.0 Å². The molecule has 2 aromatic heterocycles. The maximum atomic E-state index is 12.9. The van der Waals surface area contributed by atoms with E-state index in [9.17, 15) is 13.6 Å². The van der Waals surface area contributed by atoms with Crippen LogP contribution in [0.5, 0.6) is 5.75 Å². The van der Waals surface area contributed by atoms with Gasteiger partial charge in [-0.3, -0.25) is 14.7 Å². The number of nitrogens with zero attached hydrogens (tertiary/aromatic N) is 3. The number of rotatable bonds is 5. The molecule has 2 fully saturated rings. The zero-order chi connectivity index (χ0) is 17.6. The Morgan fingerprint density at radius 2 is 2.15 bits per heavy atom. The molecule has 4 rings (SSSR count). The highest BCUT2D eigenvalue weighted by atomic mass is 19.3. The van der Waals surface area contributed by atoms with Crippen LogP contribution in [-0.2, 0) is 4.79 Å². The van der Waals surface area contributed by atoms with Crippen LogP contribution in [0.15, 0.2) is 12.3 Å². The molecule has 2 aromatic rings. The van der Waals surface area contributed by atoms with Crippen LogP contribution in [0.1, 0.15) is 52.0 Å². The van der Waals surface area contributed by atoms with Crippen LogP contribution >= 0.6 is 0 Å². The van der Waals surface area contributed by atoms with E-state index >= 15 is 0 Å². The van der Waals surface area contributed by atoms with Crippen molar-refractivity contribution in [3.05, 3.63) is 12.3 Å². The number of halogens is 2. The number of hydrogen-bond acceptors (Lipinski definition) is 4. The average Bonchev–Trinajstić information content (AvgIpc) is 2.82. The van der Waals surface area contributed by atoms with Crippen LogP contribution in [0.3, 0.4) is 0 Å². The van der Waals surface area contributed by atoms with Gasteiger partial charge in [0.2, 0.25) is 17.8 Å². The molecule has 6 nitrogen and oxygen atoms in total. The molecule has 0 atom stereocenters. The van der Waals surface area contributed by atoms with E-state index in [1.165, 1.54) is 0 Å². The van der Waals surface area contributed by atoms with Crippen LogP contribution in [0.4, 0.5) is 14.7 Å². The van der Waals surface area contributed by atoms with Gasteiger partial charge in [-0.15, -0.1) is 0 Å². The lowest BCUT2D eigenvalue weighted by atomic mass is 9.79. The summed E-state index contributed by atoms with van der Waals surface area (Å²) in [6, 6.07) is 1.97. The minimum Gasteiger partial charge on any atom is -0.494 e. The van der Waals surface area contributed by atoms with Gasteiger partial charge >= 0.3 is 0 Å². The molecule has 0 unspecified atom stereocenters. The minimum absolute atomic E-state index is 0. The summed E-state index contributed by atoms with van der Waals surface area (Å²) in [7, 11) is 1.56. The van der Waals surface area contributed by atoms with E-state index in [0.717, 1.165) is 19.3 Å². The summed E-state index contributed by atoms with van der Waals surface area (Å²) in [6.45, 7) is 0. The van der Waals surface area contributed by atoms with Crippen LogP contribution in [-0.4, -0.2) is 33.5 Å². The van der Waals surface area contributed by atoms with Gasteiger partial charge in [0.25, 0.3) is 0 Å². The summed E-state index contributed by atoms with van der Waals surface area (Å²) < 4.78 is 33.2. The number of carbonyl (C=O) groups is 1. The highest BCUT2D eigenvalue weighted by Gasteiger charge is 2.45. The van der Waals surface area contributed by atoms with Crippen molar-refractivity contribution in [2.24, 2.45) is 5.92 Å². The van der Waals surface area contributed by atoms with Gasteiger partial charge < -0.3 is 4.74 Å². The Hall–Kier alpha value is -2.25. The molecule has 0 bridgehead atoms. The van der Waals surface area contributed by atoms with Crippen molar-refractivity contribution in [3.63, 3.8) is 0 Å². The van der Waals surface area contributed by atoms with Crippen LogP contribution < -0.4 is 10.1 Å². The van der Waals surface area contributed by atoms with E-state index in [0.29, 0.717) is 22.9 Å². The SMILES string of the molecule is C.COc1ccnc2c1nc(NC(=O)CC1CC(F)(F)C1)n2C1CCC1. The molecular weight excluding hydrogens is 342 g/mol. The van der Waals surface area contributed by atoms with E-state index in [2.05, 4.69) is 15.3 Å². The quantitative estimate of drug-likeness (QED) is 0.862. The molecule has 2 aliphatic rings. The van der Waals surface area contributed by atoms with Gasteiger partial charge in [0, 0.05) is 37.6 Å². The zero-order valence-corrected chi connectivity index (χ0v) is 14.0. The number of aromatic nitrogens is 3. The van der Waals surface area contributed by atoms with Gasteiger partial charge in [0.15, 0.2) is 11.2 Å². The molecule has 0 saturated heterocycles. The number of nitrogens with one attached hydrogen (secondary N) is 1. The Morgan fingerprint density at radius 3 is 2.73 bits per heavy atom. The number of anilines is 1. The summed E-state index contributed by atoms with van der Waals surface area (Å²) in [4.78, 5) is 21.2. The molecule has 8 heteroatoms. The van der Waals surface area contributed by atoms with Crippen LogP contribution in [0, 0.1) is 5.92 Å². The van der Waals surface area contributed by atoms with E-state index < -0.39 is 5.92 Å². The van der Waals surface area contributed by atoms with Crippen LogP contribution in [0.2, 0.25) is 0 Å². The molecule has 0 aromatic carbocycles. The zero-order valence-electron chi connectivity index (χ0n) is 14.0. The second kappa shape index (κ2) is 6.81. The Morgan fingerprint density at radius 1 is 1.42 bits per heavy atom. The second-order valence-electron chi connectivity index (χ2n) is 6.96. The first kappa shape index (κ1) is 18.5. The number of alkyl halides is 2. The lowest BCUT2D eigenvalue weighted by Gasteiger charge is -2.34. The molecular formula is C18H24F2N4O2. The lowest BCUT2D eigenvalue weighted by Crippen LogP contribution is -2.37. The summed E-state index contributed by atoms with van der Waals surface area (Å²) in [6.07, 6.45) is 4.45. The van der Waals surface area contributed by atoms with Crippen molar-refractivity contribution < 1.29 is 18.3 Å². The molecule has 142 valence electrons. The van der Waals surface area contributed by atoms with E-state index in [1.807, 2.05) is 4.57 Å². The summed E-state index contributed by atoms with van der Waals surface area (Å²) in [5, 5.41) is 2.80. The maximum absolute atomic E-state index is 12.9. The van der Waals surface area contributed by atoms with Crippen molar-refractivity contribution in [1.29, 1.82) is 0 Å². The van der Waals surface area contributed by atoms with Gasteiger partial charge in [-0.05, 0) is 25.2 Å². The Kier molecular flexibility index (Phi) is 4.86. The molecule has 1 N–H and O–H groups in total. The van der Waals surface area contributed by atoms with Crippen LogP contribution in [0.25, 0.3) is 11.2 Å². The Bertz CT molecular complexity index is 809. The number of carbonyl (C=O) groups excluding carboxylic acids is 1. The number of fused-ring (bicyclic) bond motifs is 1. The first-order valence-corrected chi connectivity index (χ1v) is 8.55. The normalized spacial score (nSPS) is 19.3. The smallest absolute Gasteiger partial charge is 0.248 e. The van der Waals surface area contributed by atoms with Gasteiger partial charge in [0.1, 0.15) is 5.75 Å². The standard InChI is InChI=1S/C17H20F2N4O2.CH4/c1-25-12-5-6-20-15-14(12)22-16(23(15)11-3-2-4-11)21-13(24)7-10-8-17(18,19)9-10;/h5-6,10-11H,2-4,7-9H2,1H3,(H,21,22,24);1H4. The van der Waals surface area contributed by atoms with E-state index in [4.69, 9.17) is 4.74 Å². The average molecular weight is 366 g/mol. The fourth-order valence-electron chi connectivity index (χ4n) is 3.58. The fraction of sp³-hybridized carbons (Fsp3) is 0.611. The number of ether oxygens (including phenoxy) is 1. The van der Waals surface area contributed by atoms with Crippen molar-refractivity contribution in [1.82, 2.24) is 14.5 Å². The third-order valence-electron chi connectivity index (χ3n) is 5.10. The second-order valence-corrected chi connectivity index (χ2v) is 6.96. The van der Waals surface area contributed by atoms with Crippen molar-refractivity contribution in [2.75, 3.05) is 12.4 Å². The predicted molar refractivity (Wildman–Crippen MR) is 94.6 cm³/mol. The van der Waals surface area contributed by atoms with Gasteiger partial charge in [-0.2, -0.15) is 0 Å². The molecule has 0 radical (unpaired) electrons.